The molecule has 5 nitrogen and oxygen atoms in total. The number of alkyl halides is 3. The maximum atomic E-state index is 12.0. The number of aromatic nitrogens is 3. The molecule has 8 heteroatoms. The second kappa shape index (κ2) is 3.96. The SMILES string of the molecule is O=C(NC(F)(F)F)c1ncnc2cccnc12. The van der Waals surface area contributed by atoms with E-state index in [1.54, 1.807) is 6.07 Å². The molecule has 17 heavy (non-hydrogen) atoms. The minimum atomic E-state index is -4.80. The van der Waals surface area contributed by atoms with Crippen LogP contribution in [0.1, 0.15) is 10.5 Å². The number of pyridine rings is 1. The second-order valence-electron chi connectivity index (χ2n) is 3.05. The van der Waals surface area contributed by atoms with Gasteiger partial charge < -0.3 is 0 Å². The summed E-state index contributed by atoms with van der Waals surface area (Å²) in [6, 6.07) is 3.08. The highest BCUT2D eigenvalue weighted by molar-refractivity contribution is 6.02. The summed E-state index contributed by atoms with van der Waals surface area (Å²) in [5.41, 5.74) is -0.0838. The first-order valence-corrected chi connectivity index (χ1v) is 4.42. The Morgan fingerprint density at radius 3 is 2.71 bits per heavy atom. The van der Waals surface area contributed by atoms with Crippen molar-refractivity contribution in [1.29, 1.82) is 0 Å². The molecule has 0 fully saturated rings. The summed E-state index contributed by atoms with van der Waals surface area (Å²) in [6.07, 6.45) is -2.45. The molecule has 88 valence electrons. The molecular formula is C9H5F3N4O. The number of amides is 1. The molecule has 0 bridgehead atoms. The Labute approximate surface area is 92.7 Å². The molecule has 0 aromatic carbocycles. The molecule has 2 rings (SSSR count). The van der Waals surface area contributed by atoms with Crippen LogP contribution >= 0.6 is 0 Å². The third kappa shape index (κ3) is 2.47. The first-order chi connectivity index (χ1) is 7.97. The molecule has 0 saturated heterocycles. The summed E-state index contributed by atoms with van der Waals surface area (Å²) in [7, 11) is 0. The minimum Gasteiger partial charge on any atom is -0.267 e. The number of halogens is 3. The lowest BCUT2D eigenvalue weighted by Crippen LogP contribution is -2.37. The fourth-order valence-electron chi connectivity index (χ4n) is 1.25. The average Bonchev–Trinajstić information content (AvgIpc) is 2.26. The molecule has 0 saturated carbocycles. The minimum absolute atomic E-state index is 0.0248. The summed E-state index contributed by atoms with van der Waals surface area (Å²) >= 11 is 0. The lowest BCUT2D eigenvalue weighted by molar-refractivity contribution is -0.146. The van der Waals surface area contributed by atoms with Gasteiger partial charge in [0.1, 0.15) is 11.8 Å². The number of fused-ring (bicyclic) bond motifs is 1. The third-order valence-corrected chi connectivity index (χ3v) is 1.86. The van der Waals surface area contributed by atoms with E-state index in [9.17, 15) is 18.0 Å². The Morgan fingerprint density at radius 2 is 2.00 bits per heavy atom. The fraction of sp³-hybridized carbons (Fsp3) is 0.111. The summed E-state index contributed by atoms with van der Waals surface area (Å²) in [6.45, 7) is 0. The van der Waals surface area contributed by atoms with Crippen molar-refractivity contribution in [3.8, 4) is 0 Å². The van der Waals surface area contributed by atoms with Crippen molar-refractivity contribution in [1.82, 2.24) is 20.3 Å². The zero-order chi connectivity index (χ0) is 12.5. The Bertz CT molecular complexity index is 564. The highest BCUT2D eigenvalue weighted by Crippen LogP contribution is 2.14. The molecule has 1 N–H and O–H groups in total. The lowest BCUT2D eigenvalue weighted by Gasteiger charge is -2.08. The molecule has 0 radical (unpaired) electrons. The number of rotatable bonds is 1. The van der Waals surface area contributed by atoms with Gasteiger partial charge in [0.05, 0.1) is 5.52 Å². The van der Waals surface area contributed by atoms with Gasteiger partial charge in [-0.2, -0.15) is 13.2 Å². The molecule has 0 aliphatic heterocycles. The first-order valence-electron chi connectivity index (χ1n) is 4.42. The molecule has 0 spiro atoms. The van der Waals surface area contributed by atoms with Crippen molar-refractivity contribution in [3.63, 3.8) is 0 Å². The van der Waals surface area contributed by atoms with Crippen LogP contribution in [0.5, 0.6) is 0 Å². The summed E-state index contributed by atoms with van der Waals surface area (Å²) in [5, 5.41) is 0.858. The zero-order valence-corrected chi connectivity index (χ0v) is 8.19. The number of carbonyl (C=O) groups excluding carboxylic acids is 1. The van der Waals surface area contributed by atoms with Gasteiger partial charge in [0.25, 0.3) is 5.91 Å². The number of hydrogen-bond donors (Lipinski definition) is 1. The van der Waals surface area contributed by atoms with Crippen molar-refractivity contribution < 1.29 is 18.0 Å². The van der Waals surface area contributed by atoms with Crippen molar-refractivity contribution in [2.45, 2.75) is 6.30 Å². The number of hydrogen-bond acceptors (Lipinski definition) is 4. The summed E-state index contributed by atoms with van der Waals surface area (Å²) in [5.74, 6) is -1.36. The van der Waals surface area contributed by atoms with E-state index >= 15 is 0 Å². The number of nitrogens with zero attached hydrogens (tertiary/aromatic N) is 3. The van der Waals surface area contributed by atoms with E-state index in [0.29, 0.717) is 5.52 Å². The van der Waals surface area contributed by atoms with E-state index < -0.39 is 17.9 Å². The Morgan fingerprint density at radius 1 is 1.24 bits per heavy atom. The summed E-state index contributed by atoms with van der Waals surface area (Å²) in [4.78, 5) is 22.4. The zero-order valence-electron chi connectivity index (χ0n) is 8.19. The topological polar surface area (TPSA) is 67.8 Å². The maximum Gasteiger partial charge on any atom is 0.484 e. The van der Waals surface area contributed by atoms with E-state index in [0.717, 1.165) is 11.6 Å². The van der Waals surface area contributed by atoms with E-state index in [1.807, 2.05) is 0 Å². The smallest absolute Gasteiger partial charge is 0.267 e. The van der Waals surface area contributed by atoms with Gasteiger partial charge in [0, 0.05) is 6.20 Å². The van der Waals surface area contributed by atoms with E-state index in [4.69, 9.17) is 0 Å². The molecule has 0 aliphatic rings. The molecule has 2 heterocycles. The Kier molecular flexibility index (Phi) is 2.62. The normalized spacial score (nSPS) is 11.5. The van der Waals surface area contributed by atoms with Crippen LogP contribution in [0.4, 0.5) is 13.2 Å². The first kappa shape index (κ1) is 11.2. The van der Waals surface area contributed by atoms with Gasteiger partial charge >= 0.3 is 6.30 Å². The monoisotopic (exact) mass is 242 g/mol. The Balaban J connectivity index is 2.45. The van der Waals surface area contributed by atoms with Crippen molar-refractivity contribution >= 4 is 16.9 Å². The largest absolute Gasteiger partial charge is 0.484 e. The Hall–Kier alpha value is -2.25. The van der Waals surface area contributed by atoms with Crippen LogP contribution in [0.3, 0.4) is 0 Å². The van der Waals surface area contributed by atoms with Crippen LogP contribution in [-0.4, -0.2) is 27.2 Å². The second-order valence-corrected chi connectivity index (χ2v) is 3.05. The van der Waals surface area contributed by atoms with Crippen molar-refractivity contribution in [3.05, 3.63) is 30.4 Å². The van der Waals surface area contributed by atoms with Gasteiger partial charge in [-0.05, 0) is 12.1 Å². The van der Waals surface area contributed by atoms with Crippen LogP contribution < -0.4 is 5.32 Å². The van der Waals surface area contributed by atoms with Crippen LogP contribution in [0.2, 0.25) is 0 Å². The van der Waals surface area contributed by atoms with Crippen molar-refractivity contribution in [2.75, 3.05) is 0 Å². The van der Waals surface area contributed by atoms with Gasteiger partial charge in [0.2, 0.25) is 0 Å². The van der Waals surface area contributed by atoms with E-state index in [1.165, 1.54) is 12.3 Å². The molecule has 1 amide bonds. The van der Waals surface area contributed by atoms with Gasteiger partial charge in [-0.25, -0.2) is 9.97 Å². The van der Waals surface area contributed by atoms with Crippen LogP contribution in [0, 0.1) is 0 Å². The molecule has 2 aromatic heterocycles. The fourth-order valence-corrected chi connectivity index (χ4v) is 1.25. The van der Waals surface area contributed by atoms with E-state index in [-0.39, 0.29) is 5.52 Å². The molecule has 0 atom stereocenters. The van der Waals surface area contributed by atoms with Gasteiger partial charge in [-0.15, -0.1) is 0 Å². The summed E-state index contributed by atoms with van der Waals surface area (Å²) < 4.78 is 36.0. The van der Waals surface area contributed by atoms with Crippen LogP contribution in [0.15, 0.2) is 24.7 Å². The predicted octanol–water partition coefficient (Wildman–Crippen LogP) is 1.27. The molecule has 2 aromatic rings. The van der Waals surface area contributed by atoms with Gasteiger partial charge in [0.15, 0.2) is 5.69 Å². The molecule has 0 unspecified atom stereocenters. The number of carbonyl (C=O) groups is 1. The molecular weight excluding hydrogens is 237 g/mol. The quantitative estimate of drug-likeness (QED) is 0.765. The van der Waals surface area contributed by atoms with Crippen LogP contribution in [0.25, 0.3) is 11.0 Å². The molecule has 0 aliphatic carbocycles. The standard InChI is InChI=1S/C9H5F3N4O/c10-9(11,12)16-8(17)7-6-5(14-4-15-7)2-1-3-13-6/h1-4H,(H,16,17). The number of nitrogens with one attached hydrogen (secondary N) is 1. The predicted molar refractivity (Wildman–Crippen MR) is 50.9 cm³/mol. The average molecular weight is 242 g/mol. The highest BCUT2D eigenvalue weighted by atomic mass is 19.4. The maximum absolute atomic E-state index is 12.0. The van der Waals surface area contributed by atoms with Crippen LogP contribution in [-0.2, 0) is 0 Å². The van der Waals surface area contributed by atoms with Crippen molar-refractivity contribution in [2.24, 2.45) is 0 Å². The third-order valence-electron chi connectivity index (χ3n) is 1.86. The van der Waals surface area contributed by atoms with Gasteiger partial charge in [-0.3, -0.25) is 15.1 Å². The lowest BCUT2D eigenvalue weighted by atomic mass is 10.3. The van der Waals surface area contributed by atoms with Gasteiger partial charge in [-0.1, -0.05) is 0 Å². The van der Waals surface area contributed by atoms with E-state index in [2.05, 4.69) is 15.0 Å². The highest BCUT2D eigenvalue weighted by Gasteiger charge is 2.31.